The van der Waals surface area contributed by atoms with E-state index in [9.17, 15) is 5.11 Å². The Labute approximate surface area is 154 Å². The van der Waals surface area contributed by atoms with Crippen LogP contribution in [0.15, 0.2) is 18.2 Å². The van der Waals surface area contributed by atoms with Crippen molar-refractivity contribution in [2.24, 2.45) is 0 Å². The minimum atomic E-state index is 0.186. The molecule has 5 nitrogen and oxygen atoms in total. The first kappa shape index (κ1) is 17.0. The summed E-state index contributed by atoms with van der Waals surface area (Å²) in [7, 11) is 9.42. The lowest BCUT2D eigenvalue weighted by molar-refractivity contribution is -0.923. The van der Waals surface area contributed by atoms with Crippen molar-refractivity contribution in [2.75, 3.05) is 42.0 Å². The molecule has 1 atom stereocenters. The lowest BCUT2D eigenvalue weighted by atomic mass is 9.75. The Kier molecular flexibility index (Phi) is 3.81. The van der Waals surface area contributed by atoms with Crippen LogP contribution in [-0.4, -0.2) is 51.6 Å². The predicted octanol–water partition coefficient (Wildman–Crippen LogP) is 3.31. The molecule has 2 aliphatic rings. The second kappa shape index (κ2) is 5.81. The lowest BCUT2D eigenvalue weighted by Crippen LogP contribution is -2.49. The van der Waals surface area contributed by atoms with Gasteiger partial charge in [0, 0.05) is 29.5 Å². The second-order valence-electron chi connectivity index (χ2n) is 7.68. The molecule has 5 heteroatoms. The number of aromatic hydroxyl groups is 1. The van der Waals surface area contributed by atoms with Gasteiger partial charge in [0.25, 0.3) is 0 Å². The van der Waals surface area contributed by atoms with Gasteiger partial charge in [-0.1, -0.05) is 6.07 Å². The minimum absolute atomic E-state index is 0.186. The molecule has 26 heavy (non-hydrogen) atoms. The van der Waals surface area contributed by atoms with Crippen molar-refractivity contribution in [1.82, 2.24) is 0 Å². The van der Waals surface area contributed by atoms with Gasteiger partial charge in [-0.3, -0.25) is 0 Å². The van der Waals surface area contributed by atoms with Crippen LogP contribution in [0, 0.1) is 0 Å². The molecule has 0 aromatic heterocycles. The zero-order chi connectivity index (χ0) is 18.6. The zero-order valence-corrected chi connectivity index (χ0v) is 16.0. The molecule has 0 saturated heterocycles. The van der Waals surface area contributed by atoms with Crippen molar-refractivity contribution in [1.29, 1.82) is 0 Å². The largest absolute Gasteiger partial charge is 0.504 e. The summed E-state index contributed by atoms with van der Waals surface area (Å²) in [5.74, 6) is 2.04. The van der Waals surface area contributed by atoms with Gasteiger partial charge < -0.3 is 23.8 Å². The summed E-state index contributed by atoms with van der Waals surface area (Å²) in [6, 6.07) is 6.34. The van der Waals surface area contributed by atoms with E-state index in [-0.39, 0.29) is 5.75 Å². The van der Waals surface area contributed by atoms with E-state index in [1.807, 2.05) is 12.1 Å². The van der Waals surface area contributed by atoms with Crippen LogP contribution in [0.3, 0.4) is 0 Å². The number of rotatable bonds is 3. The van der Waals surface area contributed by atoms with Crippen LogP contribution < -0.4 is 14.2 Å². The summed E-state index contributed by atoms with van der Waals surface area (Å²) < 4.78 is 17.6. The molecular weight excluding hydrogens is 330 g/mol. The maximum absolute atomic E-state index is 11.1. The Balaban J connectivity index is 2.12. The molecule has 0 saturated carbocycles. The summed E-state index contributed by atoms with van der Waals surface area (Å²) in [4.78, 5) is 0. The Morgan fingerprint density at radius 3 is 2.35 bits per heavy atom. The molecule has 1 N–H and O–H groups in total. The van der Waals surface area contributed by atoms with E-state index < -0.39 is 0 Å². The summed E-state index contributed by atoms with van der Waals surface area (Å²) in [5.41, 5.74) is 5.42. The number of ether oxygens (including phenoxy) is 3. The fourth-order valence-corrected chi connectivity index (χ4v) is 4.60. The van der Waals surface area contributed by atoms with Crippen molar-refractivity contribution in [3.8, 4) is 34.1 Å². The summed E-state index contributed by atoms with van der Waals surface area (Å²) in [6.45, 7) is 1.06. The topological polar surface area (TPSA) is 47.9 Å². The minimum Gasteiger partial charge on any atom is -0.504 e. The predicted molar refractivity (Wildman–Crippen MR) is 100 cm³/mol. The molecule has 4 rings (SSSR count). The number of hydrogen-bond acceptors (Lipinski definition) is 4. The lowest BCUT2D eigenvalue weighted by Gasteiger charge is -2.46. The number of phenolic OH excluding ortho intramolecular Hbond substituents is 1. The molecule has 2 aromatic carbocycles. The highest BCUT2D eigenvalue weighted by atomic mass is 16.5. The number of phenols is 1. The van der Waals surface area contributed by atoms with Crippen molar-refractivity contribution >= 4 is 0 Å². The van der Waals surface area contributed by atoms with E-state index in [0.717, 1.165) is 35.0 Å². The first-order chi connectivity index (χ1) is 12.4. The van der Waals surface area contributed by atoms with Crippen molar-refractivity contribution in [3.05, 3.63) is 34.9 Å². The molecule has 138 valence electrons. The van der Waals surface area contributed by atoms with Gasteiger partial charge in [0.2, 0.25) is 0 Å². The zero-order valence-electron chi connectivity index (χ0n) is 16.0. The molecule has 0 spiro atoms. The molecule has 0 radical (unpaired) electrons. The molecular formula is C21H26NO4+. The molecule has 0 amide bonds. The van der Waals surface area contributed by atoms with Gasteiger partial charge in [-0.05, 0) is 23.3 Å². The second-order valence-corrected chi connectivity index (χ2v) is 7.68. The summed E-state index contributed by atoms with van der Waals surface area (Å²) in [5, 5.41) is 11.1. The quantitative estimate of drug-likeness (QED) is 0.857. The third-order valence-corrected chi connectivity index (χ3v) is 6.04. The first-order valence-corrected chi connectivity index (χ1v) is 8.92. The molecule has 0 bridgehead atoms. The van der Waals surface area contributed by atoms with Crippen LogP contribution in [0.2, 0.25) is 0 Å². The van der Waals surface area contributed by atoms with Gasteiger partial charge in [-0.2, -0.15) is 0 Å². The van der Waals surface area contributed by atoms with E-state index in [0.29, 0.717) is 23.3 Å². The van der Waals surface area contributed by atoms with Gasteiger partial charge in [0.15, 0.2) is 23.0 Å². The van der Waals surface area contributed by atoms with Gasteiger partial charge in [-0.15, -0.1) is 0 Å². The molecule has 1 heterocycles. The van der Waals surface area contributed by atoms with E-state index >= 15 is 0 Å². The van der Waals surface area contributed by atoms with Crippen LogP contribution in [0.4, 0.5) is 0 Å². The average Bonchev–Trinajstić information content (AvgIpc) is 2.64. The summed E-state index contributed by atoms with van der Waals surface area (Å²) in [6.07, 6.45) is 1.87. The van der Waals surface area contributed by atoms with Gasteiger partial charge in [0.05, 0.1) is 42.0 Å². The number of likely N-dealkylation sites (N-methyl/N-ethyl adjacent to an activating group) is 1. The number of benzene rings is 2. The van der Waals surface area contributed by atoms with Crippen molar-refractivity contribution in [3.63, 3.8) is 0 Å². The molecule has 1 aliphatic heterocycles. The number of methoxy groups -OCH3 is 3. The van der Waals surface area contributed by atoms with Crippen LogP contribution in [0.5, 0.6) is 23.0 Å². The highest BCUT2D eigenvalue weighted by Crippen LogP contribution is 2.56. The fraction of sp³-hybridized carbons (Fsp3) is 0.429. The van der Waals surface area contributed by atoms with E-state index in [2.05, 4.69) is 20.2 Å². The Morgan fingerprint density at radius 1 is 0.962 bits per heavy atom. The molecule has 1 unspecified atom stereocenters. The van der Waals surface area contributed by atoms with Gasteiger partial charge in [0.1, 0.15) is 6.04 Å². The Morgan fingerprint density at radius 2 is 1.69 bits per heavy atom. The summed E-state index contributed by atoms with van der Waals surface area (Å²) >= 11 is 0. The SMILES string of the molecule is COc1cc2c3c(c1O)-c1c(ccc(OC)c1OC)CC3[N+](C)(C)CC2. The van der Waals surface area contributed by atoms with Crippen molar-refractivity contribution in [2.45, 2.75) is 18.9 Å². The van der Waals surface area contributed by atoms with Crippen LogP contribution in [0.25, 0.3) is 11.1 Å². The van der Waals surface area contributed by atoms with Crippen LogP contribution in [-0.2, 0) is 12.8 Å². The van der Waals surface area contributed by atoms with Gasteiger partial charge in [-0.25, -0.2) is 0 Å². The third-order valence-electron chi connectivity index (χ3n) is 6.04. The highest BCUT2D eigenvalue weighted by molar-refractivity contribution is 5.88. The molecule has 1 aliphatic carbocycles. The number of nitrogens with zero attached hydrogens (tertiary/aromatic N) is 1. The third kappa shape index (κ3) is 2.20. The standard InChI is InChI=1S/C21H25NO4/c1-22(2)9-8-13-11-16(25-4)20(23)19-17(13)14(22)10-12-6-7-15(24-3)21(26-5)18(12)19/h6-7,11,14H,8-10H2,1-5H3/p+1. The average molecular weight is 356 g/mol. The highest BCUT2D eigenvalue weighted by Gasteiger charge is 2.44. The number of quaternary nitrogens is 1. The Bertz CT molecular complexity index is 888. The number of fused-ring (bicyclic) bond motifs is 2. The van der Waals surface area contributed by atoms with E-state index in [1.165, 1.54) is 16.7 Å². The molecule has 0 fully saturated rings. The maximum atomic E-state index is 11.1. The van der Waals surface area contributed by atoms with Gasteiger partial charge >= 0.3 is 0 Å². The van der Waals surface area contributed by atoms with Crippen LogP contribution >= 0.6 is 0 Å². The normalized spacial score (nSPS) is 19.3. The molecule has 2 aromatic rings. The van der Waals surface area contributed by atoms with Crippen molar-refractivity contribution < 1.29 is 23.8 Å². The maximum Gasteiger partial charge on any atom is 0.168 e. The van der Waals surface area contributed by atoms with Crippen LogP contribution in [0.1, 0.15) is 22.7 Å². The van der Waals surface area contributed by atoms with E-state index in [4.69, 9.17) is 14.2 Å². The number of hydrogen-bond donors (Lipinski definition) is 1. The monoisotopic (exact) mass is 356 g/mol. The fourth-order valence-electron chi connectivity index (χ4n) is 4.60. The Hall–Kier alpha value is -2.40. The first-order valence-electron chi connectivity index (χ1n) is 8.92. The van der Waals surface area contributed by atoms with E-state index in [1.54, 1.807) is 21.3 Å². The smallest absolute Gasteiger partial charge is 0.168 e.